The molecule has 0 unspecified atom stereocenters. The second kappa shape index (κ2) is 10.5. The molecule has 30 heavy (non-hydrogen) atoms. The van der Waals surface area contributed by atoms with Crippen LogP contribution in [0.1, 0.15) is 46.1 Å². The molecule has 0 saturated heterocycles. The molecule has 0 bridgehead atoms. The molecule has 164 valence electrons. The normalized spacial score (nSPS) is 14.1. The number of urea groups is 1. The van der Waals surface area contributed by atoms with Gasteiger partial charge in [0.1, 0.15) is 11.6 Å². The van der Waals surface area contributed by atoms with Crippen molar-refractivity contribution in [2.45, 2.75) is 44.3 Å². The van der Waals surface area contributed by atoms with Crippen molar-refractivity contribution in [2.75, 3.05) is 5.32 Å². The van der Waals surface area contributed by atoms with Gasteiger partial charge in [-0.3, -0.25) is 0 Å². The van der Waals surface area contributed by atoms with Crippen molar-refractivity contribution in [3.8, 4) is 11.8 Å². The third-order valence-corrected chi connectivity index (χ3v) is 4.48. The third kappa shape index (κ3) is 7.28. The Bertz CT molecular complexity index is 897. The van der Waals surface area contributed by atoms with Gasteiger partial charge in [-0.1, -0.05) is 19.3 Å². The summed E-state index contributed by atoms with van der Waals surface area (Å²) in [5, 5.41) is 22.6. The van der Waals surface area contributed by atoms with Crippen LogP contribution in [-0.2, 0) is 6.18 Å². The lowest BCUT2D eigenvalue weighted by Gasteiger charge is -2.22. The molecule has 1 aliphatic rings. The summed E-state index contributed by atoms with van der Waals surface area (Å²) >= 11 is 0. The van der Waals surface area contributed by atoms with E-state index in [-0.39, 0.29) is 25.9 Å². The van der Waals surface area contributed by atoms with Gasteiger partial charge in [0.15, 0.2) is 0 Å². The average Bonchev–Trinajstić information content (AvgIpc) is 2.70. The third-order valence-electron chi connectivity index (χ3n) is 4.48. The molecule has 0 radical (unpaired) electrons. The number of halogens is 4. The van der Waals surface area contributed by atoms with Gasteiger partial charge in [-0.25, -0.2) is 9.18 Å². The van der Waals surface area contributed by atoms with E-state index >= 15 is 0 Å². The minimum atomic E-state index is -4.33. The second-order valence-electron chi connectivity index (χ2n) is 6.78. The van der Waals surface area contributed by atoms with Crippen molar-refractivity contribution < 1.29 is 30.3 Å². The van der Waals surface area contributed by atoms with Crippen molar-refractivity contribution in [3.63, 3.8) is 0 Å². The highest BCUT2D eigenvalue weighted by Gasteiger charge is 2.29. The van der Waals surface area contributed by atoms with Crippen molar-refractivity contribution in [1.82, 2.24) is 5.32 Å². The van der Waals surface area contributed by atoms with Gasteiger partial charge in [0.05, 0.1) is 22.9 Å². The number of nitrogens with one attached hydrogen (secondary N) is 2. The Morgan fingerprint density at radius 2 is 1.73 bits per heavy atom. The van der Waals surface area contributed by atoms with Gasteiger partial charge in [-0.05, 0) is 55.3 Å². The molecule has 2 aromatic carbocycles. The van der Waals surface area contributed by atoms with Crippen LogP contribution in [0.5, 0.6) is 5.75 Å². The molecule has 0 heterocycles. The summed E-state index contributed by atoms with van der Waals surface area (Å²) in [6.07, 6.45) is 1.08. The van der Waals surface area contributed by atoms with E-state index < -0.39 is 23.6 Å². The Balaban J connectivity index is 0.000000639. The van der Waals surface area contributed by atoms with Crippen molar-refractivity contribution in [2.24, 2.45) is 0 Å². The molecule has 2 aromatic rings. The van der Waals surface area contributed by atoms with E-state index in [1.165, 1.54) is 18.6 Å². The number of benzene rings is 2. The first-order valence-electron chi connectivity index (χ1n) is 9.32. The number of carbonyl (C=O) groups is 1. The van der Waals surface area contributed by atoms with Gasteiger partial charge in [0.25, 0.3) is 0 Å². The second-order valence-corrected chi connectivity index (χ2v) is 6.78. The molecule has 0 aliphatic heterocycles. The van der Waals surface area contributed by atoms with Crippen LogP contribution in [0.15, 0.2) is 42.5 Å². The highest BCUT2D eigenvalue weighted by atomic mass is 19.4. The monoisotopic (exact) mass is 427 g/mol. The van der Waals surface area contributed by atoms with Crippen molar-refractivity contribution in [1.29, 1.82) is 5.26 Å². The minimum absolute atomic E-state index is 0. The smallest absolute Gasteiger partial charge is 0.416 e. The number of hydrogen-bond donors (Lipinski definition) is 3. The summed E-state index contributed by atoms with van der Waals surface area (Å²) in [5.41, 5.74) is -0.432. The molecule has 0 atom stereocenters. The maximum absolute atomic E-state index is 13.6. The standard InChI is InChI=1S/C14H16FN3O.C7H5F3O.2H2/c15-12-8-10(9-16)6-7-13(12)18-14(19)17-11-4-2-1-3-5-11;8-7(9,10)5-1-3-6(11)4-2-5;;/h6-8,11H,1-5H2,(H2,17,18,19);1-4,11H;2*1H. The Labute approximate surface area is 174 Å². The molecule has 9 heteroatoms. The summed E-state index contributed by atoms with van der Waals surface area (Å²) in [6.45, 7) is 0. The van der Waals surface area contributed by atoms with Crippen LogP contribution in [0.3, 0.4) is 0 Å². The molecule has 0 aromatic heterocycles. The van der Waals surface area contributed by atoms with Crippen LogP contribution in [0, 0.1) is 17.1 Å². The molecule has 0 spiro atoms. The number of phenolic OH excluding ortho intramolecular Hbond substituents is 1. The Kier molecular flexibility index (Phi) is 8.04. The zero-order valence-corrected chi connectivity index (χ0v) is 16.0. The fourth-order valence-corrected chi connectivity index (χ4v) is 2.93. The van der Waals surface area contributed by atoms with E-state index in [2.05, 4.69) is 10.6 Å². The fraction of sp³-hybridized carbons (Fsp3) is 0.333. The average molecular weight is 427 g/mol. The summed E-state index contributed by atoms with van der Waals surface area (Å²) < 4.78 is 49.1. The number of rotatable bonds is 2. The number of phenols is 1. The largest absolute Gasteiger partial charge is 0.508 e. The van der Waals surface area contributed by atoms with Crippen LogP contribution >= 0.6 is 0 Å². The first-order valence-corrected chi connectivity index (χ1v) is 9.32. The number of nitriles is 1. The van der Waals surface area contributed by atoms with Crippen molar-refractivity contribution in [3.05, 3.63) is 59.4 Å². The molecule has 3 N–H and O–H groups in total. The number of alkyl halides is 3. The van der Waals surface area contributed by atoms with Crippen LogP contribution in [0.4, 0.5) is 28.0 Å². The molecular weight excluding hydrogens is 402 g/mol. The minimum Gasteiger partial charge on any atom is -0.508 e. The zero-order chi connectivity index (χ0) is 22.1. The molecule has 5 nitrogen and oxygen atoms in total. The van der Waals surface area contributed by atoms with E-state index in [9.17, 15) is 22.4 Å². The zero-order valence-electron chi connectivity index (χ0n) is 16.0. The number of carbonyl (C=O) groups excluding carboxylic acids is 1. The number of anilines is 1. The fourth-order valence-electron chi connectivity index (χ4n) is 2.93. The molecule has 1 saturated carbocycles. The van der Waals surface area contributed by atoms with Crippen LogP contribution in [-0.4, -0.2) is 17.2 Å². The van der Waals surface area contributed by atoms with Gasteiger partial charge in [-0.15, -0.1) is 0 Å². The van der Waals surface area contributed by atoms with Gasteiger partial charge >= 0.3 is 12.2 Å². The summed E-state index contributed by atoms with van der Waals surface area (Å²) in [4.78, 5) is 11.7. The van der Waals surface area contributed by atoms with Gasteiger partial charge in [-0.2, -0.15) is 18.4 Å². The maximum Gasteiger partial charge on any atom is 0.416 e. The van der Waals surface area contributed by atoms with E-state index in [0.29, 0.717) is 0 Å². The maximum atomic E-state index is 13.6. The van der Waals surface area contributed by atoms with Gasteiger partial charge in [0.2, 0.25) is 0 Å². The van der Waals surface area contributed by atoms with E-state index in [1.807, 2.05) is 6.07 Å². The predicted molar refractivity (Wildman–Crippen MR) is 107 cm³/mol. The lowest BCUT2D eigenvalue weighted by molar-refractivity contribution is -0.137. The van der Waals surface area contributed by atoms with Crippen LogP contribution in [0.2, 0.25) is 0 Å². The molecule has 3 rings (SSSR count). The van der Waals surface area contributed by atoms with E-state index in [1.54, 1.807) is 0 Å². The summed E-state index contributed by atoms with van der Waals surface area (Å²) in [5.74, 6) is -0.768. The SMILES string of the molecule is N#Cc1ccc(NC(=O)NC2CCCCC2)c(F)c1.Oc1ccc(C(F)(F)F)cc1.[HH].[HH]. The molecule has 1 fully saturated rings. The Hall–Kier alpha value is -3.28. The van der Waals surface area contributed by atoms with E-state index in [4.69, 9.17) is 10.4 Å². The Morgan fingerprint density at radius 1 is 1.10 bits per heavy atom. The summed E-state index contributed by atoms with van der Waals surface area (Å²) in [7, 11) is 0. The molecule has 2 amide bonds. The molecule has 1 aliphatic carbocycles. The lowest BCUT2D eigenvalue weighted by Crippen LogP contribution is -2.39. The molecular formula is C21H25F4N3O2. The van der Waals surface area contributed by atoms with Crippen LogP contribution in [0.25, 0.3) is 0 Å². The van der Waals surface area contributed by atoms with Crippen molar-refractivity contribution >= 4 is 11.7 Å². The topological polar surface area (TPSA) is 85.2 Å². The first kappa shape index (κ1) is 23.0. The van der Waals surface area contributed by atoms with Gasteiger partial charge in [0, 0.05) is 8.90 Å². The number of hydrogen-bond acceptors (Lipinski definition) is 3. The quantitative estimate of drug-likeness (QED) is 0.510. The highest BCUT2D eigenvalue weighted by Crippen LogP contribution is 2.29. The Morgan fingerprint density at radius 3 is 2.27 bits per heavy atom. The number of aromatic hydroxyl groups is 1. The predicted octanol–water partition coefficient (Wildman–Crippen LogP) is 6.05. The van der Waals surface area contributed by atoms with E-state index in [0.717, 1.165) is 56.0 Å². The summed E-state index contributed by atoms with van der Waals surface area (Å²) in [6, 6.07) is 9.27. The highest BCUT2D eigenvalue weighted by molar-refractivity contribution is 5.89. The number of amides is 2. The lowest BCUT2D eigenvalue weighted by atomic mass is 9.96. The first-order chi connectivity index (χ1) is 14.2. The number of nitrogens with zero attached hydrogens (tertiary/aromatic N) is 1. The van der Waals surface area contributed by atoms with Crippen LogP contribution < -0.4 is 10.6 Å². The van der Waals surface area contributed by atoms with Gasteiger partial charge < -0.3 is 15.7 Å².